The van der Waals surface area contributed by atoms with E-state index in [0.717, 1.165) is 59.5 Å². The van der Waals surface area contributed by atoms with Gasteiger partial charge in [0.25, 0.3) is 0 Å². The third-order valence-electron chi connectivity index (χ3n) is 6.19. The molecule has 4 nitrogen and oxygen atoms in total. The van der Waals surface area contributed by atoms with E-state index in [0.29, 0.717) is 0 Å². The zero-order chi connectivity index (χ0) is 32.2. The van der Waals surface area contributed by atoms with Crippen LogP contribution in [0.4, 0.5) is 0 Å². The number of nitrogens with zero attached hydrogens (tertiary/aromatic N) is 2. The molecule has 3 aromatic heterocycles. The van der Waals surface area contributed by atoms with Crippen LogP contribution in [-0.4, -0.2) is 38.9 Å². The molecular weight excluding hydrogens is 617 g/mol. The van der Waals surface area contributed by atoms with E-state index in [2.05, 4.69) is 142 Å². The zero-order valence-corrected chi connectivity index (χ0v) is 31.4. The number of rotatable bonds is 4. The van der Waals surface area contributed by atoms with Gasteiger partial charge in [-0.25, -0.2) is 9.97 Å². The minimum absolute atomic E-state index is 0.00647. The molecule has 0 unspecified atom stereocenters. The molecular formula is C36H46N4S4. The second-order valence-electron chi connectivity index (χ2n) is 15.2. The number of nitrogens with one attached hydrogen (secondary N) is 2. The van der Waals surface area contributed by atoms with Gasteiger partial charge in [-0.1, -0.05) is 83.1 Å². The van der Waals surface area contributed by atoms with Gasteiger partial charge in [-0.3, -0.25) is 0 Å². The highest BCUT2D eigenvalue weighted by molar-refractivity contribution is 8.01. The number of hydrogen-bond donors (Lipinski definition) is 2. The summed E-state index contributed by atoms with van der Waals surface area (Å²) >= 11 is 7.43. The van der Waals surface area contributed by atoms with Crippen LogP contribution in [-0.2, 0) is 0 Å². The Morgan fingerprint density at radius 1 is 0.386 bits per heavy atom. The first-order valence-corrected chi connectivity index (χ1v) is 18.4. The Bertz CT molecular complexity index is 1680. The molecule has 0 amide bonds. The first kappa shape index (κ1) is 33.4. The molecule has 0 aromatic carbocycles. The predicted molar refractivity (Wildman–Crippen MR) is 201 cm³/mol. The number of thioether (sulfide) groups is 4. The molecule has 8 bridgehead atoms. The van der Waals surface area contributed by atoms with E-state index in [1.165, 1.54) is 4.90 Å². The lowest BCUT2D eigenvalue weighted by Crippen LogP contribution is -2.08. The summed E-state index contributed by atoms with van der Waals surface area (Å²) in [4.78, 5) is 22.9. The fraction of sp³-hybridized carbons (Fsp3) is 0.444. The Morgan fingerprint density at radius 3 is 0.955 bits per heavy atom. The van der Waals surface area contributed by atoms with Gasteiger partial charge in [0.1, 0.15) is 0 Å². The van der Waals surface area contributed by atoms with Gasteiger partial charge < -0.3 is 9.97 Å². The van der Waals surface area contributed by atoms with Gasteiger partial charge in [-0.15, -0.1) is 47.0 Å². The van der Waals surface area contributed by atoms with Crippen LogP contribution < -0.4 is 0 Å². The summed E-state index contributed by atoms with van der Waals surface area (Å²) < 4.78 is 0.0294. The number of hydrogen-bond acceptors (Lipinski definition) is 6. The maximum atomic E-state index is 5.30. The fourth-order valence-electron chi connectivity index (χ4n) is 4.76. The van der Waals surface area contributed by atoms with Crippen LogP contribution in [0.15, 0.2) is 43.8 Å². The highest BCUT2D eigenvalue weighted by Gasteiger charge is 2.25. The van der Waals surface area contributed by atoms with Crippen LogP contribution in [0, 0.1) is 0 Å². The summed E-state index contributed by atoms with van der Waals surface area (Å²) in [6, 6.07) is 8.88. The molecule has 234 valence electrons. The summed E-state index contributed by atoms with van der Waals surface area (Å²) in [5.41, 5.74) is 8.30. The number of fused-ring (bicyclic) bond motifs is 8. The van der Waals surface area contributed by atoms with E-state index in [1.807, 2.05) is 47.0 Å². The van der Waals surface area contributed by atoms with E-state index < -0.39 is 0 Å². The Labute approximate surface area is 280 Å². The maximum Gasteiger partial charge on any atom is 0.0796 e. The van der Waals surface area contributed by atoms with Gasteiger partial charge >= 0.3 is 0 Å². The number of aromatic amines is 2. The van der Waals surface area contributed by atoms with Gasteiger partial charge in [0.15, 0.2) is 0 Å². The van der Waals surface area contributed by atoms with Crippen molar-refractivity contribution in [2.24, 2.45) is 0 Å². The Kier molecular flexibility index (Phi) is 9.08. The highest BCUT2D eigenvalue weighted by atomic mass is 32.2. The lowest BCUT2D eigenvalue weighted by Gasteiger charge is -2.19. The molecule has 3 aromatic rings. The quantitative estimate of drug-likeness (QED) is 0.187. The minimum atomic E-state index is -0.00647. The SMILES string of the molecule is CC(C)(C)Sc1c2nc(c(SC(C)(C)C)c3ccc([nH]3)c(SC(C)(C)C)c3ccc([nH]3)c(SC(C)(C)C)c3nc1C=C3)C=C2. The van der Waals surface area contributed by atoms with E-state index in [4.69, 9.17) is 9.97 Å². The van der Waals surface area contributed by atoms with Crippen LogP contribution in [0.2, 0.25) is 0 Å². The second-order valence-corrected chi connectivity index (χ2v) is 22.5. The predicted octanol–water partition coefficient (Wildman–Crippen LogP) is 12.2. The smallest absolute Gasteiger partial charge is 0.0796 e. The van der Waals surface area contributed by atoms with E-state index in [1.54, 1.807) is 0 Å². The summed E-state index contributed by atoms with van der Waals surface area (Å²) in [7, 11) is 0. The van der Waals surface area contributed by atoms with Crippen LogP contribution in [0.1, 0.15) is 106 Å². The lowest BCUT2D eigenvalue weighted by molar-refractivity contribution is 0.801. The first-order valence-electron chi connectivity index (χ1n) is 15.2. The Morgan fingerprint density at radius 2 is 0.636 bits per heavy atom. The van der Waals surface area contributed by atoms with Crippen molar-refractivity contribution < 1.29 is 0 Å². The van der Waals surface area contributed by atoms with Crippen molar-refractivity contribution in [2.45, 2.75) is 122 Å². The third-order valence-corrected chi connectivity index (χ3v) is 11.2. The molecule has 2 aliphatic rings. The molecule has 2 aliphatic heterocycles. The third kappa shape index (κ3) is 8.23. The molecule has 0 saturated heterocycles. The van der Waals surface area contributed by atoms with Crippen LogP contribution >= 0.6 is 47.0 Å². The van der Waals surface area contributed by atoms with Gasteiger partial charge in [0, 0.05) is 19.0 Å². The molecule has 5 rings (SSSR count). The van der Waals surface area contributed by atoms with Crippen molar-refractivity contribution in [2.75, 3.05) is 0 Å². The average molecular weight is 663 g/mol. The first-order chi connectivity index (χ1) is 20.2. The van der Waals surface area contributed by atoms with Crippen LogP contribution in [0.5, 0.6) is 0 Å². The van der Waals surface area contributed by atoms with E-state index >= 15 is 0 Å². The molecule has 0 aliphatic carbocycles. The highest BCUT2D eigenvalue weighted by Crippen LogP contribution is 2.44. The number of H-pyrrole nitrogens is 2. The topological polar surface area (TPSA) is 57.4 Å². The summed E-state index contributed by atoms with van der Waals surface area (Å²) in [5, 5.41) is 0. The van der Waals surface area contributed by atoms with E-state index in [-0.39, 0.29) is 19.0 Å². The summed E-state index contributed by atoms with van der Waals surface area (Å²) in [6.45, 7) is 27.1. The maximum absolute atomic E-state index is 5.30. The average Bonchev–Trinajstić information content (AvgIpc) is 3.67. The molecule has 44 heavy (non-hydrogen) atoms. The summed E-state index contributed by atoms with van der Waals surface area (Å²) in [6.07, 6.45) is 8.68. The van der Waals surface area contributed by atoms with Crippen molar-refractivity contribution in [1.29, 1.82) is 0 Å². The van der Waals surface area contributed by atoms with Crippen molar-refractivity contribution in [3.05, 3.63) is 47.0 Å². The molecule has 0 spiro atoms. The normalized spacial score (nSPS) is 14.1. The van der Waals surface area contributed by atoms with Crippen LogP contribution in [0.25, 0.3) is 46.4 Å². The van der Waals surface area contributed by atoms with Crippen LogP contribution in [0.3, 0.4) is 0 Å². The van der Waals surface area contributed by atoms with Crippen molar-refractivity contribution >= 4 is 93.4 Å². The molecule has 0 radical (unpaired) electrons. The number of aromatic nitrogens is 4. The van der Waals surface area contributed by atoms with E-state index in [9.17, 15) is 0 Å². The standard InChI is InChI=1S/C36H46N4S4/c1-33(2,3)41-29-21-13-15-23(37-21)30(42-34(4,5)6)25-17-19-27(39-25)32(44-36(10,11)12)28-20-18-26(40-28)31(43-35(7,8)9)24-16-14-22(29)38-24/h13-20,37-38H,1-12H3. The molecule has 0 fully saturated rings. The largest absolute Gasteiger partial charge is 0.354 e. The Hall–Kier alpha value is -2.00. The second kappa shape index (κ2) is 12.0. The molecule has 8 heteroatoms. The van der Waals surface area contributed by atoms with Gasteiger partial charge in [0.2, 0.25) is 0 Å². The van der Waals surface area contributed by atoms with Gasteiger partial charge in [-0.2, -0.15) is 0 Å². The molecule has 0 atom stereocenters. The molecule has 5 heterocycles. The molecule has 0 saturated carbocycles. The zero-order valence-electron chi connectivity index (χ0n) is 28.1. The molecule has 2 N–H and O–H groups in total. The minimum Gasteiger partial charge on any atom is -0.354 e. The van der Waals surface area contributed by atoms with Gasteiger partial charge in [0.05, 0.1) is 64.4 Å². The fourth-order valence-corrected chi connectivity index (χ4v) is 8.99. The van der Waals surface area contributed by atoms with Crippen molar-refractivity contribution in [1.82, 2.24) is 19.9 Å². The summed E-state index contributed by atoms with van der Waals surface area (Å²) in [5.74, 6) is 0. The Balaban J connectivity index is 1.97. The monoisotopic (exact) mass is 662 g/mol. The lowest BCUT2D eigenvalue weighted by atomic mass is 10.3. The van der Waals surface area contributed by atoms with Gasteiger partial charge in [-0.05, 0) is 48.6 Å². The van der Waals surface area contributed by atoms with Crippen molar-refractivity contribution in [3.8, 4) is 0 Å². The van der Waals surface area contributed by atoms with Crippen molar-refractivity contribution in [3.63, 3.8) is 0 Å².